The average molecular weight is 284 g/mol. The van der Waals surface area contributed by atoms with Gasteiger partial charge in [-0.2, -0.15) is 8.42 Å². The van der Waals surface area contributed by atoms with Crippen LogP contribution in [-0.2, 0) is 14.3 Å². The maximum absolute atomic E-state index is 12.0. The highest BCUT2D eigenvalue weighted by molar-refractivity contribution is 7.86. The summed E-state index contributed by atoms with van der Waals surface area (Å²) in [7, 11) is -3.64. The Morgan fingerprint density at radius 1 is 1.16 bits per heavy atom. The molecule has 0 atom stereocenters. The van der Waals surface area contributed by atoms with Crippen molar-refractivity contribution in [3.05, 3.63) is 29.8 Å². The molecular weight excluding hydrogens is 260 g/mol. The van der Waals surface area contributed by atoms with Gasteiger partial charge in [-0.3, -0.25) is 4.18 Å². The minimum absolute atomic E-state index is 0.117. The monoisotopic (exact) mass is 284 g/mol. The quantitative estimate of drug-likeness (QED) is 0.713. The molecule has 0 N–H and O–H groups in total. The van der Waals surface area contributed by atoms with E-state index >= 15 is 0 Å². The molecule has 0 aliphatic rings. The van der Waals surface area contributed by atoms with Gasteiger partial charge in [0, 0.05) is 0 Å². The molecule has 1 aromatic carbocycles. The van der Waals surface area contributed by atoms with Gasteiger partial charge in [-0.15, -0.1) is 0 Å². The largest absolute Gasteiger partial charge is 0.296 e. The van der Waals surface area contributed by atoms with Crippen molar-refractivity contribution in [2.45, 2.75) is 51.9 Å². The molecule has 4 heteroatoms. The van der Waals surface area contributed by atoms with E-state index in [1.54, 1.807) is 24.3 Å². The lowest BCUT2D eigenvalue weighted by Gasteiger charge is -2.23. The third kappa shape index (κ3) is 5.33. The molecule has 0 amide bonds. The SMILES string of the molecule is CCCCC(C)(C)COS(=O)(=O)c1ccc(C)cc1. The molecule has 1 aromatic rings. The molecule has 1 rings (SSSR count). The van der Waals surface area contributed by atoms with Gasteiger partial charge in [0.2, 0.25) is 0 Å². The van der Waals surface area contributed by atoms with Gasteiger partial charge in [0.05, 0.1) is 11.5 Å². The van der Waals surface area contributed by atoms with Crippen LogP contribution in [0.5, 0.6) is 0 Å². The Bertz CT molecular complexity index is 487. The first-order valence-electron chi connectivity index (χ1n) is 6.73. The molecule has 0 unspecified atom stereocenters. The minimum atomic E-state index is -3.64. The second-order valence-electron chi connectivity index (χ2n) is 5.80. The van der Waals surface area contributed by atoms with Crippen molar-refractivity contribution >= 4 is 10.1 Å². The van der Waals surface area contributed by atoms with Crippen molar-refractivity contribution in [2.75, 3.05) is 6.61 Å². The van der Waals surface area contributed by atoms with E-state index in [1.807, 2.05) is 20.8 Å². The number of benzene rings is 1. The van der Waals surface area contributed by atoms with Crippen molar-refractivity contribution < 1.29 is 12.6 Å². The third-order valence-electron chi connectivity index (χ3n) is 3.12. The standard InChI is InChI=1S/C15H24O3S/c1-5-6-11-15(3,4)12-18-19(16,17)14-9-7-13(2)8-10-14/h7-10H,5-6,11-12H2,1-4H3. The highest BCUT2D eigenvalue weighted by atomic mass is 32.2. The molecule has 0 fully saturated rings. The van der Waals surface area contributed by atoms with E-state index in [1.165, 1.54) is 0 Å². The summed E-state index contributed by atoms with van der Waals surface area (Å²) < 4.78 is 29.3. The van der Waals surface area contributed by atoms with Gasteiger partial charge < -0.3 is 0 Å². The lowest BCUT2D eigenvalue weighted by Crippen LogP contribution is -2.22. The van der Waals surface area contributed by atoms with Crippen LogP contribution in [0.3, 0.4) is 0 Å². The highest BCUT2D eigenvalue weighted by Crippen LogP contribution is 2.25. The maximum atomic E-state index is 12.0. The van der Waals surface area contributed by atoms with Crippen LogP contribution in [0, 0.1) is 12.3 Å². The molecular formula is C15H24O3S. The lowest BCUT2D eigenvalue weighted by molar-refractivity contribution is 0.172. The molecule has 0 radical (unpaired) electrons. The van der Waals surface area contributed by atoms with Crippen molar-refractivity contribution in [3.63, 3.8) is 0 Å². The zero-order valence-corrected chi connectivity index (χ0v) is 13.1. The summed E-state index contributed by atoms with van der Waals surface area (Å²) in [6.45, 7) is 8.34. The van der Waals surface area contributed by atoms with E-state index in [4.69, 9.17) is 4.18 Å². The predicted octanol–water partition coefficient (Wildman–Crippen LogP) is 3.92. The van der Waals surface area contributed by atoms with E-state index in [-0.39, 0.29) is 16.9 Å². The summed E-state index contributed by atoms with van der Waals surface area (Å²) in [6.07, 6.45) is 3.15. The van der Waals surface area contributed by atoms with Gasteiger partial charge in [-0.1, -0.05) is 51.3 Å². The average Bonchev–Trinajstić information content (AvgIpc) is 2.35. The first-order chi connectivity index (χ1) is 8.77. The summed E-state index contributed by atoms with van der Waals surface area (Å²) in [5, 5.41) is 0. The first-order valence-corrected chi connectivity index (χ1v) is 8.14. The smallest absolute Gasteiger partial charge is 0.266 e. The molecule has 19 heavy (non-hydrogen) atoms. The maximum Gasteiger partial charge on any atom is 0.296 e. The van der Waals surface area contributed by atoms with E-state index in [2.05, 4.69) is 6.92 Å². The molecule has 0 saturated carbocycles. The van der Waals surface area contributed by atoms with E-state index < -0.39 is 10.1 Å². The van der Waals surface area contributed by atoms with Gasteiger partial charge in [-0.05, 0) is 30.9 Å². The molecule has 0 aromatic heterocycles. The molecule has 0 aliphatic heterocycles. The van der Waals surface area contributed by atoms with Gasteiger partial charge in [0.1, 0.15) is 0 Å². The fourth-order valence-electron chi connectivity index (χ4n) is 1.74. The van der Waals surface area contributed by atoms with Crippen LogP contribution in [0.15, 0.2) is 29.2 Å². The normalized spacial score (nSPS) is 12.6. The zero-order valence-electron chi connectivity index (χ0n) is 12.3. The van der Waals surface area contributed by atoms with Crippen LogP contribution in [0.1, 0.15) is 45.6 Å². The number of hydrogen-bond donors (Lipinski definition) is 0. The Hall–Kier alpha value is -0.870. The second kappa shape index (κ2) is 6.53. The Labute approximate surface area is 117 Å². The van der Waals surface area contributed by atoms with Crippen LogP contribution in [0.2, 0.25) is 0 Å². The lowest BCUT2D eigenvalue weighted by atomic mass is 9.88. The minimum Gasteiger partial charge on any atom is -0.266 e. The van der Waals surface area contributed by atoms with Gasteiger partial charge in [0.25, 0.3) is 10.1 Å². The van der Waals surface area contributed by atoms with Crippen LogP contribution in [0.4, 0.5) is 0 Å². The number of unbranched alkanes of at least 4 members (excludes halogenated alkanes) is 1. The van der Waals surface area contributed by atoms with E-state index in [0.717, 1.165) is 24.8 Å². The molecule has 108 valence electrons. The third-order valence-corrected chi connectivity index (χ3v) is 4.40. The van der Waals surface area contributed by atoms with Crippen LogP contribution in [0.25, 0.3) is 0 Å². The molecule has 0 saturated heterocycles. The number of hydrogen-bond acceptors (Lipinski definition) is 3. The van der Waals surface area contributed by atoms with Gasteiger partial charge >= 0.3 is 0 Å². The summed E-state index contributed by atoms with van der Waals surface area (Å²) in [5.41, 5.74) is 0.913. The first kappa shape index (κ1) is 16.2. The van der Waals surface area contributed by atoms with Gasteiger partial charge in [0.15, 0.2) is 0 Å². The highest BCUT2D eigenvalue weighted by Gasteiger charge is 2.23. The molecule has 0 bridgehead atoms. The van der Waals surface area contributed by atoms with E-state index in [9.17, 15) is 8.42 Å². The molecule has 0 heterocycles. The van der Waals surface area contributed by atoms with Crippen LogP contribution < -0.4 is 0 Å². The topological polar surface area (TPSA) is 43.4 Å². The fourth-order valence-corrected chi connectivity index (χ4v) is 2.82. The summed E-state index contributed by atoms with van der Waals surface area (Å²) >= 11 is 0. The van der Waals surface area contributed by atoms with Crippen molar-refractivity contribution in [1.82, 2.24) is 0 Å². The van der Waals surface area contributed by atoms with Crippen molar-refractivity contribution in [3.8, 4) is 0 Å². The number of aryl methyl sites for hydroxylation is 1. The Kier molecular flexibility index (Phi) is 5.56. The Balaban J connectivity index is 2.68. The summed E-state index contributed by atoms with van der Waals surface area (Å²) in [6, 6.07) is 6.73. The second-order valence-corrected chi connectivity index (χ2v) is 7.41. The molecule has 0 spiro atoms. The zero-order chi connectivity index (χ0) is 14.5. The summed E-state index contributed by atoms with van der Waals surface area (Å²) in [4.78, 5) is 0.226. The summed E-state index contributed by atoms with van der Waals surface area (Å²) in [5.74, 6) is 0. The van der Waals surface area contributed by atoms with Crippen molar-refractivity contribution in [1.29, 1.82) is 0 Å². The van der Waals surface area contributed by atoms with E-state index in [0.29, 0.717) is 0 Å². The van der Waals surface area contributed by atoms with Crippen LogP contribution >= 0.6 is 0 Å². The number of rotatable bonds is 7. The Morgan fingerprint density at radius 3 is 2.26 bits per heavy atom. The van der Waals surface area contributed by atoms with Crippen LogP contribution in [-0.4, -0.2) is 15.0 Å². The Morgan fingerprint density at radius 2 is 1.74 bits per heavy atom. The van der Waals surface area contributed by atoms with Crippen molar-refractivity contribution in [2.24, 2.45) is 5.41 Å². The van der Waals surface area contributed by atoms with Gasteiger partial charge in [-0.25, -0.2) is 0 Å². The predicted molar refractivity (Wildman–Crippen MR) is 77.6 cm³/mol. The fraction of sp³-hybridized carbons (Fsp3) is 0.600. The molecule has 0 aliphatic carbocycles. The molecule has 3 nitrogen and oxygen atoms in total.